The maximum Gasteiger partial charge on any atom is 0.416 e. The first kappa shape index (κ1) is 19.8. The molecule has 3 nitrogen and oxygen atoms in total. The molecule has 2 aliphatic heterocycles. The van der Waals surface area contributed by atoms with Crippen molar-refractivity contribution in [3.63, 3.8) is 0 Å². The minimum absolute atomic E-state index is 0.0280. The van der Waals surface area contributed by atoms with Crippen LogP contribution in [0, 0.1) is 6.92 Å². The molecule has 1 saturated heterocycles. The van der Waals surface area contributed by atoms with Gasteiger partial charge < -0.3 is 4.74 Å². The molecule has 1 aromatic rings. The van der Waals surface area contributed by atoms with E-state index in [4.69, 9.17) is 4.74 Å². The van der Waals surface area contributed by atoms with Crippen molar-refractivity contribution >= 4 is 11.7 Å². The molecule has 0 aromatic heterocycles. The number of halogens is 3. The van der Waals surface area contributed by atoms with Crippen molar-refractivity contribution in [1.82, 2.24) is 4.90 Å². The van der Waals surface area contributed by atoms with Crippen LogP contribution in [0.5, 0.6) is 0 Å². The van der Waals surface area contributed by atoms with Crippen LogP contribution in [0.3, 0.4) is 0 Å². The highest BCUT2D eigenvalue weighted by Gasteiger charge is 2.39. The third-order valence-electron chi connectivity index (χ3n) is 5.14. The molecule has 0 spiro atoms. The topological polar surface area (TPSA) is 29.5 Å². The summed E-state index contributed by atoms with van der Waals surface area (Å²) in [5.74, 6) is 0. The first-order chi connectivity index (χ1) is 12.5. The summed E-state index contributed by atoms with van der Waals surface area (Å²) >= 11 is 0. The molecule has 1 aromatic carbocycles. The molecule has 2 bridgehead atoms. The number of alkyl halides is 3. The number of hydrogen-bond acceptors (Lipinski definition) is 2. The Hall–Kier alpha value is -1.98. The van der Waals surface area contributed by atoms with E-state index in [0.29, 0.717) is 12.0 Å². The van der Waals surface area contributed by atoms with E-state index >= 15 is 0 Å². The van der Waals surface area contributed by atoms with Gasteiger partial charge in [-0.25, -0.2) is 4.79 Å². The maximum atomic E-state index is 12.9. The molecule has 148 valence electrons. The fourth-order valence-corrected chi connectivity index (χ4v) is 4.03. The van der Waals surface area contributed by atoms with Gasteiger partial charge in [-0.1, -0.05) is 12.1 Å². The second-order valence-electron chi connectivity index (χ2n) is 8.46. The Morgan fingerprint density at radius 1 is 1.19 bits per heavy atom. The van der Waals surface area contributed by atoms with Gasteiger partial charge in [-0.3, -0.25) is 4.90 Å². The molecule has 0 radical (unpaired) electrons. The Kier molecular flexibility index (Phi) is 5.04. The predicted octanol–water partition coefficient (Wildman–Crippen LogP) is 5.96. The molecule has 6 heteroatoms. The van der Waals surface area contributed by atoms with Crippen molar-refractivity contribution < 1.29 is 22.7 Å². The Labute approximate surface area is 158 Å². The van der Waals surface area contributed by atoms with Crippen LogP contribution in [0.1, 0.15) is 63.1 Å². The molecule has 1 amide bonds. The lowest BCUT2D eigenvalue weighted by Gasteiger charge is -2.45. The van der Waals surface area contributed by atoms with Crippen molar-refractivity contribution in [2.45, 2.75) is 77.2 Å². The average molecular weight is 381 g/mol. The van der Waals surface area contributed by atoms with Crippen LogP contribution in [0.15, 0.2) is 24.3 Å². The van der Waals surface area contributed by atoms with E-state index in [2.05, 4.69) is 0 Å². The van der Waals surface area contributed by atoms with E-state index in [9.17, 15) is 18.0 Å². The highest BCUT2D eigenvalue weighted by Crippen LogP contribution is 2.40. The Morgan fingerprint density at radius 2 is 1.89 bits per heavy atom. The van der Waals surface area contributed by atoms with Crippen LogP contribution < -0.4 is 0 Å². The molecular weight excluding hydrogens is 355 g/mol. The molecule has 2 unspecified atom stereocenters. The zero-order valence-corrected chi connectivity index (χ0v) is 16.2. The quantitative estimate of drug-likeness (QED) is 0.601. The SMILES string of the molecule is Cc1cc(C(F)(F)F)ccc1C1=CC2CCCC(C1)N2C(=O)OC(C)(C)C. The Bertz CT molecular complexity index is 762. The minimum atomic E-state index is -4.34. The smallest absolute Gasteiger partial charge is 0.416 e. The lowest BCUT2D eigenvalue weighted by Crippen LogP contribution is -2.53. The number of hydrogen-bond donors (Lipinski definition) is 0. The van der Waals surface area contributed by atoms with Crippen LogP contribution in [-0.4, -0.2) is 28.7 Å². The molecule has 2 atom stereocenters. The van der Waals surface area contributed by atoms with Gasteiger partial charge in [0.05, 0.1) is 11.6 Å². The van der Waals surface area contributed by atoms with Gasteiger partial charge in [0.2, 0.25) is 0 Å². The van der Waals surface area contributed by atoms with E-state index in [1.165, 1.54) is 6.07 Å². The summed E-state index contributed by atoms with van der Waals surface area (Å²) in [7, 11) is 0. The van der Waals surface area contributed by atoms with Crippen molar-refractivity contribution in [3.05, 3.63) is 41.0 Å². The number of piperidine rings is 1. The molecule has 3 rings (SSSR count). The molecule has 2 heterocycles. The number of amides is 1. The monoisotopic (exact) mass is 381 g/mol. The number of fused-ring (bicyclic) bond motifs is 2. The van der Waals surface area contributed by atoms with E-state index in [1.54, 1.807) is 13.0 Å². The molecule has 27 heavy (non-hydrogen) atoms. The maximum absolute atomic E-state index is 12.9. The number of carbonyl (C=O) groups excluding carboxylic acids is 1. The zero-order valence-electron chi connectivity index (χ0n) is 16.2. The second-order valence-corrected chi connectivity index (χ2v) is 8.46. The zero-order chi connectivity index (χ0) is 20.0. The van der Waals surface area contributed by atoms with E-state index < -0.39 is 17.3 Å². The first-order valence-corrected chi connectivity index (χ1v) is 9.36. The number of ether oxygens (including phenoxy) is 1. The van der Waals surface area contributed by atoms with Crippen molar-refractivity contribution in [2.24, 2.45) is 0 Å². The van der Waals surface area contributed by atoms with E-state index in [0.717, 1.165) is 36.5 Å². The van der Waals surface area contributed by atoms with Crippen molar-refractivity contribution in [1.29, 1.82) is 0 Å². The predicted molar refractivity (Wildman–Crippen MR) is 98.3 cm³/mol. The Balaban J connectivity index is 1.89. The highest BCUT2D eigenvalue weighted by molar-refractivity contribution is 5.75. The third kappa shape index (κ3) is 4.30. The number of rotatable bonds is 1. The van der Waals surface area contributed by atoms with Gasteiger partial charge in [-0.05, 0) is 82.2 Å². The van der Waals surface area contributed by atoms with Crippen LogP contribution in [0.2, 0.25) is 0 Å². The number of benzene rings is 1. The minimum Gasteiger partial charge on any atom is -0.444 e. The summed E-state index contributed by atoms with van der Waals surface area (Å²) in [5, 5.41) is 0. The van der Waals surface area contributed by atoms with Crippen molar-refractivity contribution in [2.75, 3.05) is 0 Å². The van der Waals surface area contributed by atoms with Crippen LogP contribution in [0.25, 0.3) is 5.57 Å². The molecule has 1 fully saturated rings. The second kappa shape index (κ2) is 6.88. The largest absolute Gasteiger partial charge is 0.444 e. The van der Waals surface area contributed by atoms with Gasteiger partial charge in [0.15, 0.2) is 0 Å². The normalized spacial score (nSPS) is 23.1. The number of carbonyl (C=O) groups is 1. The van der Waals surface area contributed by atoms with Crippen LogP contribution in [-0.2, 0) is 10.9 Å². The third-order valence-corrected chi connectivity index (χ3v) is 5.14. The summed E-state index contributed by atoms with van der Waals surface area (Å²) in [5.41, 5.74) is 1.29. The van der Waals surface area contributed by atoms with Gasteiger partial charge in [0.1, 0.15) is 5.60 Å². The van der Waals surface area contributed by atoms with Crippen molar-refractivity contribution in [3.8, 4) is 0 Å². The van der Waals surface area contributed by atoms with E-state index in [-0.39, 0.29) is 18.2 Å². The average Bonchev–Trinajstić information content (AvgIpc) is 2.51. The lowest BCUT2D eigenvalue weighted by atomic mass is 9.82. The van der Waals surface area contributed by atoms with Gasteiger partial charge in [-0.15, -0.1) is 0 Å². The summed E-state index contributed by atoms with van der Waals surface area (Å²) in [6.07, 6.45) is 0.790. The fraction of sp³-hybridized carbons (Fsp3) is 0.571. The summed E-state index contributed by atoms with van der Waals surface area (Å²) < 4.78 is 44.4. The van der Waals surface area contributed by atoms with E-state index in [1.807, 2.05) is 31.7 Å². The summed E-state index contributed by atoms with van der Waals surface area (Å²) in [6, 6.07) is 3.86. The highest BCUT2D eigenvalue weighted by atomic mass is 19.4. The molecule has 0 aliphatic carbocycles. The van der Waals surface area contributed by atoms with Crippen LogP contribution in [0.4, 0.5) is 18.0 Å². The Morgan fingerprint density at radius 3 is 2.44 bits per heavy atom. The van der Waals surface area contributed by atoms with Gasteiger partial charge in [0.25, 0.3) is 0 Å². The van der Waals surface area contributed by atoms with Gasteiger partial charge in [0, 0.05) is 6.04 Å². The summed E-state index contributed by atoms with van der Waals surface area (Å²) in [4.78, 5) is 14.5. The number of aryl methyl sites for hydroxylation is 1. The fourth-order valence-electron chi connectivity index (χ4n) is 4.03. The molecular formula is C21H26F3NO2. The first-order valence-electron chi connectivity index (χ1n) is 9.36. The van der Waals surface area contributed by atoms with Gasteiger partial charge >= 0.3 is 12.3 Å². The summed E-state index contributed by atoms with van der Waals surface area (Å²) in [6.45, 7) is 7.24. The molecule has 2 aliphatic rings. The van der Waals surface area contributed by atoms with Gasteiger partial charge in [-0.2, -0.15) is 13.2 Å². The molecule has 0 saturated carbocycles. The molecule has 0 N–H and O–H groups in total. The lowest BCUT2D eigenvalue weighted by molar-refractivity contribution is -0.137. The standard InChI is InChI=1S/C21H26F3NO2/c1-13-10-15(21(22,23)24)8-9-18(13)14-11-16-6-5-7-17(12-14)25(16)19(26)27-20(2,3)4/h8-11,16-17H,5-7,12H2,1-4H3. The van der Waals surface area contributed by atoms with Crippen LogP contribution >= 0.6 is 0 Å². The number of nitrogens with zero attached hydrogens (tertiary/aromatic N) is 1.